The van der Waals surface area contributed by atoms with Crippen LogP contribution in [0.3, 0.4) is 0 Å². The highest BCUT2D eigenvalue weighted by molar-refractivity contribution is 5.81. The van der Waals surface area contributed by atoms with Crippen LogP contribution < -0.4 is 32.3 Å². The van der Waals surface area contributed by atoms with Crippen LogP contribution in [0.5, 0.6) is 0 Å². The summed E-state index contributed by atoms with van der Waals surface area (Å²) in [6.07, 6.45) is 9.71. The van der Waals surface area contributed by atoms with E-state index in [2.05, 4.69) is 26.6 Å². The maximum absolute atomic E-state index is 11.8. The van der Waals surface area contributed by atoms with Gasteiger partial charge in [0.15, 0.2) is 0 Å². The highest BCUT2D eigenvalue weighted by Crippen LogP contribution is 2.05. The number of carbonyl (C=O) groups excluding carboxylic acids is 2. The Morgan fingerprint density at radius 2 is 1.45 bits per heavy atom. The van der Waals surface area contributed by atoms with Gasteiger partial charge in [0.2, 0.25) is 11.8 Å². The molecule has 1 heterocycles. The molecule has 7 N–H and O–H groups in total. The number of carbonyl (C=O) groups is 2. The van der Waals surface area contributed by atoms with Crippen LogP contribution in [-0.2, 0) is 9.59 Å². The molecule has 29 heavy (non-hydrogen) atoms. The Morgan fingerprint density at radius 1 is 0.793 bits per heavy atom. The van der Waals surface area contributed by atoms with Gasteiger partial charge >= 0.3 is 0 Å². The van der Waals surface area contributed by atoms with Crippen LogP contribution in [0.2, 0.25) is 0 Å². The minimum absolute atomic E-state index is 0.00116. The predicted molar refractivity (Wildman–Crippen MR) is 119 cm³/mol. The summed E-state index contributed by atoms with van der Waals surface area (Å²) < 4.78 is 0. The zero-order chi connectivity index (χ0) is 21.0. The van der Waals surface area contributed by atoms with Crippen molar-refractivity contribution in [1.29, 1.82) is 0 Å². The standard InChI is InChI=1S/C21H44N6O2/c22-11-7-14-23-12-4-5-13-24-15-8-18-26-20(28)10-2-1-3-16-27-21(29)19-9-6-17-25-19/h19,23-25H,1-18,22H2,(H,26,28)(H,27,29). The van der Waals surface area contributed by atoms with Gasteiger partial charge in [0, 0.05) is 19.5 Å². The fourth-order valence-electron chi connectivity index (χ4n) is 3.34. The highest BCUT2D eigenvalue weighted by Gasteiger charge is 2.20. The van der Waals surface area contributed by atoms with Crippen molar-refractivity contribution < 1.29 is 9.59 Å². The number of nitrogens with one attached hydrogen (secondary N) is 5. The molecular formula is C21H44N6O2. The van der Waals surface area contributed by atoms with Crippen molar-refractivity contribution in [3.63, 3.8) is 0 Å². The van der Waals surface area contributed by atoms with Gasteiger partial charge in [-0.2, -0.15) is 0 Å². The summed E-state index contributed by atoms with van der Waals surface area (Å²) in [5.41, 5.74) is 5.45. The van der Waals surface area contributed by atoms with Gasteiger partial charge in [-0.05, 0) is 90.6 Å². The third kappa shape index (κ3) is 15.3. The predicted octanol–water partition coefficient (Wildman–Crippen LogP) is 0.230. The molecule has 1 atom stereocenters. The number of unbranched alkanes of at least 4 members (excludes halogenated alkanes) is 3. The lowest BCUT2D eigenvalue weighted by Crippen LogP contribution is -2.40. The lowest BCUT2D eigenvalue weighted by Gasteiger charge is -2.10. The number of amides is 2. The summed E-state index contributed by atoms with van der Waals surface area (Å²) in [6.45, 7) is 7.17. The molecule has 1 unspecified atom stereocenters. The Kier molecular flexibility index (Phi) is 16.7. The zero-order valence-corrected chi connectivity index (χ0v) is 18.2. The molecule has 0 aromatic rings. The van der Waals surface area contributed by atoms with E-state index in [0.29, 0.717) is 13.0 Å². The topological polar surface area (TPSA) is 120 Å². The Bertz CT molecular complexity index is 416. The van der Waals surface area contributed by atoms with E-state index in [1.54, 1.807) is 0 Å². The molecule has 0 aromatic carbocycles. The molecule has 0 saturated carbocycles. The van der Waals surface area contributed by atoms with E-state index in [-0.39, 0.29) is 17.9 Å². The molecule has 1 saturated heterocycles. The summed E-state index contributed by atoms with van der Waals surface area (Å²) in [7, 11) is 0. The van der Waals surface area contributed by atoms with Crippen molar-refractivity contribution in [3.05, 3.63) is 0 Å². The molecule has 0 bridgehead atoms. The normalized spacial score (nSPS) is 16.1. The zero-order valence-electron chi connectivity index (χ0n) is 18.2. The van der Waals surface area contributed by atoms with E-state index >= 15 is 0 Å². The van der Waals surface area contributed by atoms with E-state index in [9.17, 15) is 9.59 Å². The van der Waals surface area contributed by atoms with Crippen LogP contribution in [-0.4, -0.2) is 70.2 Å². The lowest BCUT2D eigenvalue weighted by molar-refractivity contribution is -0.123. The summed E-state index contributed by atoms with van der Waals surface area (Å²) in [4.78, 5) is 23.6. The van der Waals surface area contributed by atoms with Crippen LogP contribution in [0.1, 0.15) is 64.2 Å². The lowest BCUT2D eigenvalue weighted by atomic mass is 10.1. The second kappa shape index (κ2) is 18.8. The first-order valence-corrected chi connectivity index (χ1v) is 11.6. The minimum Gasteiger partial charge on any atom is -0.356 e. The number of hydrogen-bond acceptors (Lipinski definition) is 6. The second-order valence-electron chi connectivity index (χ2n) is 7.80. The first kappa shape index (κ1) is 25.8. The molecule has 170 valence electrons. The summed E-state index contributed by atoms with van der Waals surface area (Å²) in [5.74, 6) is 0.251. The average molecular weight is 413 g/mol. The fraction of sp³-hybridized carbons (Fsp3) is 0.905. The number of nitrogens with two attached hydrogens (primary N) is 1. The Hall–Kier alpha value is -1.22. The average Bonchev–Trinajstić information content (AvgIpc) is 3.26. The van der Waals surface area contributed by atoms with Gasteiger partial charge in [0.05, 0.1) is 6.04 Å². The Labute approximate surface area is 176 Å². The first-order valence-electron chi connectivity index (χ1n) is 11.6. The smallest absolute Gasteiger partial charge is 0.237 e. The van der Waals surface area contributed by atoms with Gasteiger partial charge in [-0.3, -0.25) is 9.59 Å². The fourth-order valence-corrected chi connectivity index (χ4v) is 3.34. The third-order valence-corrected chi connectivity index (χ3v) is 5.12. The first-order chi connectivity index (χ1) is 14.2. The van der Waals surface area contributed by atoms with Crippen molar-refractivity contribution in [1.82, 2.24) is 26.6 Å². The monoisotopic (exact) mass is 412 g/mol. The minimum atomic E-state index is -0.00116. The SMILES string of the molecule is NCCCNCCCCNCCCNC(=O)CCCCCNC(=O)C1CCCN1. The summed E-state index contributed by atoms with van der Waals surface area (Å²) in [6, 6.07) is -0.00116. The van der Waals surface area contributed by atoms with Crippen LogP contribution >= 0.6 is 0 Å². The summed E-state index contributed by atoms with van der Waals surface area (Å²) >= 11 is 0. The molecule has 2 amide bonds. The molecule has 0 aromatic heterocycles. The van der Waals surface area contributed by atoms with Crippen LogP contribution in [0.15, 0.2) is 0 Å². The van der Waals surface area contributed by atoms with Crippen molar-refractivity contribution in [2.45, 2.75) is 70.3 Å². The van der Waals surface area contributed by atoms with Crippen molar-refractivity contribution in [2.75, 3.05) is 52.4 Å². The Morgan fingerprint density at radius 3 is 2.14 bits per heavy atom. The molecule has 8 heteroatoms. The molecule has 0 spiro atoms. The van der Waals surface area contributed by atoms with Gasteiger partial charge < -0.3 is 32.3 Å². The van der Waals surface area contributed by atoms with Crippen molar-refractivity contribution >= 4 is 11.8 Å². The van der Waals surface area contributed by atoms with Crippen molar-refractivity contribution in [3.8, 4) is 0 Å². The van der Waals surface area contributed by atoms with Gasteiger partial charge in [-0.1, -0.05) is 6.42 Å². The van der Waals surface area contributed by atoms with Gasteiger partial charge in [-0.25, -0.2) is 0 Å². The van der Waals surface area contributed by atoms with Gasteiger partial charge in [0.25, 0.3) is 0 Å². The van der Waals surface area contributed by atoms with E-state index in [1.165, 1.54) is 12.8 Å². The second-order valence-corrected chi connectivity index (χ2v) is 7.80. The maximum atomic E-state index is 11.8. The van der Waals surface area contributed by atoms with Gasteiger partial charge in [0.1, 0.15) is 0 Å². The maximum Gasteiger partial charge on any atom is 0.237 e. The molecular weight excluding hydrogens is 368 g/mol. The van der Waals surface area contributed by atoms with Crippen molar-refractivity contribution in [2.24, 2.45) is 5.73 Å². The molecule has 1 rings (SSSR count). The number of rotatable bonds is 19. The molecule has 1 aliphatic heterocycles. The molecule has 1 fully saturated rings. The quantitative estimate of drug-likeness (QED) is 0.169. The van der Waals surface area contributed by atoms with Crippen LogP contribution in [0.4, 0.5) is 0 Å². The van der Waals surface area contributed by atoms with E-state index in [0.717, 1.165) is 90.8 Å². The van der Waals surface area contributed by atoms with E-state index < -0.39 is 0 Å². The third-order valence-electron chi connectivity index (χ3n) is 5.12. The van der Waals surface area contributed by atoms with Crippen LogP contribution in [0, 0.1) is 0 Å². The van der Waals surface area contributed by atoms with Gasteiger partial charge in [-0.15, -0.1) is 0 Å². The molecule has 8 nitrogen and oxygen atoms in total. The summed E-state index contributed by atoms with van der Waals surface area (Å²) in [5, 5.41) is 15.9. The van der Waals surface area contributed by atoms with Crippen LogP contribution in [0.25, 0.3) is 0 Å². The Balaban J connectivity index is 1.76. The largest absolute Gasteiger partial charge is 0.356 e. The van der Waals surface area contributed by atoms with E-state index in [4.69, 9.17) is 5.73 Å². The van der Waals surface area contributed by atoms with E-state index in [1.807, 2.05) is 0 Å². The highest BCUT2D eigenvalue weighted by atomic mass is 16.2. The molecule has 1 aliphatic rings. The molecule has 0 aliphatic carbocycles. The number of hydrogen-bond donors (Lipinski definition) is 6. The molecule has 0 radical (unpaired) electrons.